The first-order valence-electron chi connectivity index (χ1n) is 5.10. The molecule has 0 spiro atoms. The van der Waals surface area contributed by atoms with Gasteiger partial charge in [0.05, 0.1) is 12.7 Å². The molecule has 0 aromatic rings. The highest BCUT2D eigenvalue weighted by molar-refractivity contribution is 5.09. The van der Waals surface area contributed by atoms with Gasteiger partial charge in [-0.1, -0.05) is 13.8 Å². The van der Waals surface area contributed by atoms with Gasteiger partial charge >= 0.3 is 0 Å². The third-order valence-electron chi connectivity index (χ3n) is 3.40. The number of hydrogen-bond donors (Lipinski definition) is 0. The summed E-state index contributed by atoms with van der Waals surface area (Å²) in [5.41, 5.74) is -0.159. The molecule has 0 aromatic carbocycles. The second-order valence-electron chi connectivity index (χ2n) is 3.85. The maximum Gasteiger partial charge on any atom is 0.123 e. The monoisotopic (exact) mass is 186 g/mol. The molecule has 3 heteroatoms. The lowest BCUT2D eigenvalue weighted by atomic mass is 9.88. The zero-order valence-corrected chi connectivity index (χ0v) is 8.58. The maximum atomic E-state index is 5.86. The van der Waals surface area contributed by atoms with E-state index in [1.54, 1.807) is 7.11 Å². The summed E-state index contributed by atoms with van der Waals surface area (Å²) in [6.07, 6.45) is 2.50. The SMILES string of the molecule is CCC1O[C@H]2CO[C@]1(CC)[C@H]2OC. The lowest BCUT2D eigenvalue weighted by Gasteiger charge is -2.34. The fraction of sp³-hybridized carbons (Fsp3) is 1.00. The molecule has 0 radical (unpaired) electrons. The number of ether oxygens (including phenoxy) is 3. The minimum Gasteiger partial charge on any atom is -0.376 e. The maximum absolute atomic E-state index is 5.86. The van der Waals surface area contributed by atoms with Crippen molar-refractivity contribution in [2.24, 2.45) is 0 Å². The summed E-state index contributed by atoms with van der Waals surface area (Å²) in [6, 6.07) is 0. The van der Waals surface area contributed by atoms with Crippen LogP contribution in [0, 0.1) is 0 Å². The molecule has 0 amide bonds. The second-order valence-corrected chi connectivity index (χ2v) is 3.85. The molecule has 2 saturated heterocycles. The zero-order valence-electron chi connectivity index (χ0n) is 8.58. The van der Waals surface area contributed by atoms with Crippen LogP contribution in [0.4, 0.5) is 0 Å². The van der Waals surface area contributed by atoms with Gasteiger partial charge in [0.15, 0.2) is 0 Å². The Morgan fingerprint density at radius 2 is 2.23 bits per heavy atom. The average Bonchev–Trinajstić information content (AvgIpc) is 2.68. The van der Waals surface area contributed by atoms with E-state index in [-0.39, 0.29) is 23.9 Å². The molecule has 2 heterocycles. The molecule has 2 fully saturated rings. The number of methoxy groups -OCH3 is 1. The van der Waals surface area contributed by atoms with Gasteiger partial charge in [-0.25, -0.2) is 0 Å². The molecule has 13 heavy (non-hydrogen) atoms. The molecule has 0 aromatic heterocycles. The van der Waals surface area contributed by atoms with Crippen LogP contribution in [0.2, 0.25) is 0 Å². The van der Waals surface area contributed by atoms with Gasteiger partial charge in [-0.15, -0.1) is 0 Å². The van der Waals surface area contributed by atoms with Crippen molar-refractivity contribution in [3.8, 4) is 0 Å². The summed E-state index contributed by atoms with van der Waals surface area (Å²) in [6.45, 7) is 4.98. The van der Waals surface area contributed by atoms with Crippen molar-refractivity contribution >= 4 is 0 Å². The average molecular weight is 186 g/mol. The molecule has 76 valence electrons. The Bertz CT molecular complexity index is 195. The zero-order chi connectivity index (χ0) is 9.47. The Hall–Kier alpha value is -0.120. The van der Waals surface area contributed by atoms with Crippen molar-refractivity contribution in [3.05, 3.63) is 0 Å². The first-order chi connectivity index (χ1) is 6.28. The first kappa shape index (κ1) is 9.44. The van der Waals surface area contributed by atoms with Gasteiger partial charge in [0.1, 0.15) is 17.8 Å². The van der Waals surface area contributed by atoms with Gasteiger partial charge in [0.2, 0.25) is 0 Å². The summed E-state index contributed by atoms with van der Waals surface area (Å²) in [7, 11) is 1.75. The van der Waals surface area contributed by atoms with E-state index in [4.69, 9.17) is 14.2 Å². The van der Waals surface area contributed by atoms with E-state index in [0.717, 1.165) is 12.8 Å². The highest BCUT2D eigenvalue weighted by Crippen LogP contribution is 2.45. The lowest BCUT2D eigenvalue weighted by Crippen LogP contribution is -2.46. The van der Waals surface area contributed by atoms with Gasteiger partial charge < -0.3 is 14.2 Å². The smallest absolute Gasteiger partial charge is 0.123 e. The van der Waals surface area contributed by atoms with E-state index in [9.17, 15) is 0 Å². The first-order valence-corrected chi connectivity index (χ1v) is 5.10. The third kappa shape index (κ3) is 1.07. The molecule has 1 unspecified atom stereocenters. The van der Waals surface area contributed by atoms with Crippen LogP contribution in [0.25, 0.3) is 0 Å². The topological polar surface area (TPSA) is 27.7 Å². The Morgan fingerprint density at radius 1 is 1.46 bits per heavy atom. The van der Waals surface area contributed by atoms with Crippen LogP contribution in [-0.2, 0) is 14.2 Å². The molecular formula is C10H18O3. The molecule has 0 saturated carbocycles. The van der Waals surface area contributed by atoms with E-state index in [1.807, 2.05) is 0 Å². The summed E-state index contributed by atoms with van der Waals surface area (Å²) in [5.74, 6) is 0. The quantitative estimate of drug-likeness (QED) is 0.666. The van der Waals surface area contributed by atoms with Crippen molar-refractivity contribution in [3.63, 3.8) is 0 Å². The minimum atomic E-state index is -0.159. The third-order valence-corrected chi connectivity index (χ3v) is 3.40. The predicted octanol–water partition coefficient (Wildman–Crippen LogP) is 1.36. The Kier molecular flexibility index (Phi) is 2.34. The normalized spacial score (nSPS) is 48.7. The van der Waals surface area contributed by atoms with E-state index in [1.165, 1.54) is 0 Å². The van der Waals surface area contributed by atoms with Crippen molar-refractivity contribution in [1.82, 2.24) is 0 Å². The Balaban J connectivity index is 2.24. The van der Waals surface area contributed by atoms with Crippen LogP contribution >= 0.6 is 0 Å². The second kappa shape index (κ2) is 3.23. The summed E-state index contributed by atoms with van der Waals surface area (Å²) < 4.78 is 17.2. The number of hydrogen-bond acceptors (Lipinski definition) is 3. The molecule has 2 rings (SSSR count). The summed E-state index contributed by atoms with van der Waals surface area (Å²) >= 11 is 0. The van der Waals surface area contributed by atoms with Gasteiger partial charge in [-0.3, -0.25) is 0 Å². The van der Waals surface area contributed by atoms with Crippen LogP contribution in [0.1, 0.15) is 26.7 Å². The summed E-state index contributed by atoms with van der Waals surface area (Å²) in [5, 5.41) is 0. The predicted molar refractivity (Wildman–Crippen MR) is 48.7 cm³/mol. The van der Waals surface area contributed by atoms with E-state index < -0.39 is 0 Å². The molecule has 3 nitrogen and oxygen atoms in total. The van der Waals surface area contributed by atoms with Crippen LogP contribution in [0.5, 0.6) is 0 Å². The Labute approximate surface area is 79.4 Å². The van der Waals surface area contributed by atoms with E-state index in [2.05, 4.69) is 13.8 Å². The molecular weight excluding hydrogens is 168 g/mol. The highest BCUT2D eigenvalue weighted by atomic mass is 16.7. The van der Waals surface area contributed by atoms with Crippen molar-refractivity contribution in [1.29, 1.82) is 0 Å². The van der Waals surface area contributed by atoms with Crippen molar-refractivity contribution < 1.29 is 14.2 Å². The van der Waals surface area contributed by atoms with Gasteiger partial charge in [0.25, 0.3) is 0 Å². The van der Waals surface area contributed by atoms with Gasteiger partial charge in [-0.2, -0.15) is 0 Å². The Morgan fingerprint density at radius 3 is 2.77 bits per heavy atom. The van der Waals surface area contributed by atoms with Crippen LogP contribution in [0.15, 0.2) is 0 Å². The number of fused-ring (bicyclic) bond motifs is 2. The van der Waals surface area contributed by atoms with E-state index in [0.29, 0.717) is 6.61 Å². The lowest BCUT2D eigenvalue weighted by molar-refractivity contribution is -0.153. The molecule has 0 aliphatic carbocycles. The van der Waals surface area contributed by atoms with Crippen LogP contribution in [-0.4, -0.2) is 37.6 Å². The fourth-order valence-electron chi connectivity index (χ4n) is 2.76. The van der Waals surface area contributed by atoms with Crippen LogP contribution in [0.3, 0.4) is 0 Å². The standard InChI is InChI=1S/C10H18O3/c1-4-8-10(5-2)9(11-3)7(13-8)6-12-10/h7-9H,4-6H2,1-3H3/t7-,8?,9-,10-/m0/s1. The highest BCUT2D eigenvalue weighted by Gasteiger charge is 2.61. The van der Waals surface area contributed by atoms with Crippen molar-refractivity contribution in [2.45, 2.75) is 50.6 Å². The van der Waals surface area contributed by atoms with Gasteiger partial charge in [0, 0.05) is 7.11 Å². The van der Waals surface area contributed by atoms with Gasteiger partial charge in [-0.05, 0) is 12.8 Å². The number of rotatable bonds is 3. The molecule has 4 atom stereocenters. The van der Waals surface area contributed by atoms with Crippen molar-refractivity contribution in [2.75, 3.05) is 13.7 Å². The molecule has 0 N–H and O–H groups in total. The minimum absolute atomic E-state index is 0.141. The molecule has 2 aliphatic heterocycles. The molecule has 2 aliphatic rings. The fourth-order valence-corrected chi connectivity index (χ4v) is 2.76. The van der Waals surface area contributed by atoms with E-state index >= 15 is 0 Å². The summed E-state index contributed by atoms with van der Waals surface area (Å²) in [4.78, 5) is 0. The largest absolute Gasteiger partial charge is 0.376 e. The molecule has 2 bridgehead atoms. The van der Waals surface area contributed by atoms with Crippen LogP contribution < -0.4 is 0 Å².